The maximum Gasteiger partial charge on any atom is 0.348 e. The van der Waals surface area contributed by atoms with Crippen LogP contribution in [-0.4, -0.2) is 24.1 Å². The Morgan fingerprint density at radius 3 is 2.46 bits per heavy atom. The van der Waals surface area contributed by atoms with Gasteiger partial charge in [-0.25, -0.2) is 4.79 Å². The highest BCUT2D eigenvalue weighted by Gasteiger charge is 2.39. The van der Waals surface area contributed by atoms with E-state index in [0.717, 1.165) is 41.7 Å². The van der Waals surface area contributed by atoms with Crippen molar-refractivity contribution in [3.05, 3.63) is 45.8 Å². The Hall–Kier alpha value is -2.27. The lowest BCUT2D eigenvalue weighted by Gasteiger charge is -2.24. The second kappa shape index (κ2) is 6.80. The van der Waals surface area contributed by atoms with Crippen molar-refractivity contribution in [2.75, 3.05) is 6.61 Å². The first-order chi connectivity index (χ1) is 12.6. The first-order valence-electron chi connectivity index (χ1n) is 9.15. The summed E-state index contributed by atoms with van der Waals surface area (Å²) in [6, 6.07) is 7.16. The minimum Gasteiger partial charge on any atom is -0.462 e. The number of thiophene rings is 1. The highest BCUT2D eigenvalue weighted by Crippen LogP contribution is 2.48. The number of rotatable bonds is 3. The lowest BCUT2D eigenvalue weighted by molar-refractivity contribution is 0.0530. The summed E-state index contributed by atoms with van der Waals surface area (Å²) in [4.78, 5) is 39.5. The van der Waals surface area contributed by atoms with E-state index in [-0.39, 0.29) is 18.5 Å². The van der Waals surface area contributed by atoms with E-state index in [1.165, 1.54) is 17.8 Å². The average molecular weight is 368 g/mol. The Kier molecular flexibility index (Phi) is 4.49. The maximum atomic E-state index is 12.9. The van der Waals surface area contributed by atoms with Crippen molar-refractivity contribution in [3.63, 3.8) is 0 Å². The van der Waals surface area contributed by atoms with Crippen molar-refractivity contribution in [2.45, 2.75) is 44.9 Å². The lowest BCUT2D eigenvalue weighted by Crippen LogP contribution is -2.23. The van der Waals surface area contributed by atoms with Gasteiger partial charge in [-0.2, -0.15) is 0 Å². The molecule has 5 heteroatoms. The average Bonchev–Trinajstić information content (AvgIpc) is 3.08. The van der Waals surface area contributed by atoms with Gasteiger partial charge in [0, 0.05) is 21.6 Å². The molecule has 0 amide bonds. The van der Waals surface area contributed by atoms with E-state index < -0.39 is 11.6 Å². The quantitative estimate of drug-likeness (QED) is 0.564. The van der Waals surface area contributed by atoms with E-state index in [2.05, 4.69) is 0 Å². The molecule has 4 rings (SSSR count). The third-order valence-electron chi connectivity index (χ3n) is 5.27. The molecule has 2 aliphatic rings. The van der Waals surface area contributed by atoms with Gasteiger partial charge in [0.05, 0.1) is 6.61 Å². The van der Waals surface area contributed by atoms with Gasteiger partial charge >= 0.3 is 5.97 Å². The van der Waals surface area contributed by atoms with Crippen LogP contribution >= 0.6 is 11.3 Å². The maximum absolute atomic E-state index is 12.9. The molecule has 0 bridgehead atoms. The molecule has 0 atom stereocenters. The van der Waals surface area contributed by atoms with Crippen LogP contribution in [0, 0.1) is 0 Å². The largest absolute Gasteiger partial charge is 0.462 e. The van der Waals surface area contributed by atoms with Gasteiger partial charge in [-0.15, -0.1) is 11.3 Å². The number of hydrogen-bond acceptors (Lipinski definition) is 5. The van der Waals surface area contributed by atoms with E-state index in [0.29, 0.717) is 16.0 Å². The van der Waals surface area contributed by atoms with Gasteiger partial charge in [-0.1, -0.05) is 43.5 Å². The van der Waals surface area contributed by atoms with Crippen LogP contribution in [0.1, 0.15) is 80.9 Å². The van der Waals surface area contributed by atoms with E-state index >= 15 is 0 Å². The molecule has 134 valence electrons. The lowest BCUT2D eigenvalue weighted by atomic mass is 9.78. The summed E-state index contributed by atoms with van der Waals surface area (Å²) in [6.45, 7) is 2.06. The van der Waals surface area contributed by atoms with Gasteiger partial charge in [-0.3, -0.25) is 9.59 Å². The number of carbonyl (C=O) groups is 3. The predicted octanol–water partition coefficient (Wildman–Crippen LogP) is 5.02. The van der Waals surface area contributed by atoms with Gasteiger partial charge in [-0.05, 0) is 31.2 Å². The molecule has 1 heterocycles. The number of esters is 1. The smallest absolute Gasteiger partial charge is 0.348 e. The zero-order chi connectivity index (χ0) is 18.3. The van der Waals surface area contributed by atoms with Crippen molar-refractivity contribution >= 4 is 28.9 Å². The van der Waals surface area contributed by atoms with Crippen LogP contribution in [0.3, 0.4) is 0 Å². The standard InChI is InChI=1S/C21H20O4S/c1-2-25-21(24)20-15(12-8-4-3-5-9-12)16-18(23)17(22)13-10-6-7-11-14(13)19(16)26-20/h6-7,10-12H,2-5,8-9H2,1H3. The topological polar surface area (TPSA) is 60.4 Å². The van der Waals surface area contributed by atoms with E-state index in [1.54, 1.807) is 19.1 Å². The Labute approximate surface area is 156 Å². The van der Waals surface area contributed by atoms with E-state index in [9.17, 15) is 14.4 Å². The number of carbonyl (C=O) groups excluding carboxylic acids is 3. The van der Waals surface area contributed by atoms with E-state index in [1.807, 2.05) is 12.1 Å². The molecule has 1 saturated carbocycles. The van der Waals surface area contributed by atoms with Crippen molar-refractivity contribution in [1.29, 1.82) is 0 Å². The molecule has 2 aromatic rings. The van der Waals surface area contributed by atoms with Crippen molar-refractivity contribution in [3.8, 4) is 10.4 Å². The Bertz CT molecular complexity index is 903. The van der Waals surface area contributed by atoms with Crippen LogP contribution < -0.4 is 0 Å². The highest BCUT2D eigenvalue weighted by atomic mass is 32.1. The van der Waals surface area contributed by atoms with Crippen LogP contribution in [0.15, 0.2) is 24.3 Å². The molecule has 1 aromatic carbocycles. The zero-order valence-corrected chi connectivity index (χ0v) is 15.5. The predicted molar refractivity (Wildman–Crippen MR) is 100 cm³/mol. The molecule has 0 spiro atoms. The summed E-state index contributed by atoms with van der Waals surface area (Å²) < 4.78 is 5.26. The second-order valence-corrected chi connectivity index (χ2v) is 7.83. The summed E-state index contributed by atoms with van der Waals surface area (Å²) >= 11 is 1.30. The van der Waals surface area contributed by atoms with Crippen molar-refractivity contribution in [2.24, 2.45) is 0 Å². The fourth-order valence-corrected chi connectivity index (χ4v) is 5.42. The Morgan fingerprint density at radius 1 is 1.08 bits per heavy atom. The van der Waals surface area contributed by atoms with Crippen LogP contribution in [-0.2, 0) is 4.74 Å². The molecular formula is C21H20O4S. The van der Waals surface area contributed by atoms with Crippen LogP contribution in [0.5, 0.6) is 0 Å². The number of benzene rings is 1. The molecule has 4 nitrogen and oxygen atoms in total. The number of ether oxygens (including phenoxy) is 1. The van der Waals surface area contributed by atoms with E-state index in [4.69, 9.17) is 4.74 Å². The minimum absolute atomic E-state index is 0.144. The summed E-state index contributed by atoms with van der Waals surface area (Å²) in [5.74, 6) is -1.19. The normalized spacial score (nSPS) is 17.0. The van der Waals surface area contributed by atoms with Crippen LogP contribution in [0.2, 0.25) is 0 Å². The fourth-order valence-electron chi connectivity index (χ4n) is 4.10. The molecular weight excluding hydrogens is 348 g/mol. The molecule has 2 aliphatic carbocycles. The summed E-state index contributed by atoms with van der Waals surface area (Å²) in [5.41, 5.74) is 2.39. The summed E-state index contributed by atoms with van der Waals surface area (Å²) in [7, 11) is 0. The number of Topliss-reactive ketones (excluding diaryl/α,β-unsaturated/α-hetero) is 2. The Morgan fingerprint density at radius 2 is 1.77 bits per heavy atom. The van der Waals surface area contributed by atoms with Gasteiger partial charge < -0.3 is 4.74 Å². The number of hydrogen-bond donors (Lipinski definition) is 0. The Balaban J connectivity index is 1.96. The first-order valence-corrected chi connectivity index (χ1v) is 9.97. The fraction of sp³-hybridized carbons (Fsp3) is 0.381. The molecule has 1 aromatic heterocycles. The SMILES string of the molecule is CCOC(=O)c1sc2c(c1C1CCCCC1)C(=O)C(=O)c1ccccc1-2. The third-order valence-corrected chi connectivity index (χ3v) is 6.49. The minimum atomic E-state index is -0.480. The van der Waals surface area contributed by atoms with Gasteiger partial charge in [0.1, 0.15) is 4.88 Å². The molecule has 0 aliphatic heterocycles. The monoisotopic (exact) mass is 368 g/mol. The van der Waals surface area contributed by atoms with Crippen LogP contribution in [0.25, 0.3) is 10.4 Å². The molecule has 0 unspecified atom stereocenters. The third kappa shape index (κ3) is 2.62. The van der Waals surface area contributed by atoms with Gasteiger partial charge in [0.25, 0.3) is 0 Å². The second-order valence-electron chi connectivity index (χ2n) is 6.81. The summed E-state index contributed by atoms with van der Waals surface area (Å²) in [6.07, 6.45) is 5.22. The highest BCUT2D eigenvalue weighted by molar-refractivity contribution is 7.18. The zero-order valence-electron chi connectivity index (χ0n) is 14.7. The summed E-state index contributed by atoms with van der Waals surface area (Å²) in [5, 5.41) is 0. The molecule has 1 fully saturated rings. The molecule has 0 saturated heterocycles. The molecule has 0 N–H and O–H groups in total. The number of fused-ring (bicyclic) bond motifs is 3. The van der Waals surface area contributed by atoms with Gasteiger partial charge in [0.2, 0.25) is 11.6 Å². The molecule has 0 radical (unpaired) electrons. The van der Waals surface area contributed by atoms with Crippen molar-refractivity contribution in [1.82, 2.24) is 0 Å². The molecule has 26 heavy (non-hydrogen) atoms. The van der Waals surface area contributed by atoms with Gasteiger partial charge in [0.15, 0.2) is 0 Å². The van der Waals surface area contributed by atoms with Crippen LogP contribution in [0.4, 0.5) is 0 Å². The first kappa shape index (κ1) is 17.2. The number of ketones is 2. The van der Waals surface area contributed by atoms with Crippen molar-refractivity contribution < 1.29 is 19.1 Å².